The number of anilines is 3. The Bertz CT molecular complexity index is 1410. The van der Waals surface area contributed by atoms with Gasteiger partial charge in [-0.15, -0.1) is 0 Å². The molecule has 206 valence electrons. The van der Waals surface area contributed by atoms with Crippen LogP contribution in [0.5, 0.6) is 5.75 Å². The standard InChI is InChI=1S/C27H32N4O.C8H8/c1-6-32-27-17-11-21(18-20(27)2)10-16-26(30-29-4)22-12-14-24(15-13-22)31(5)25-9-7-8-23(19-25)28-3;1-2-8-6-4-3-5-7-8/h7-19,28-29H,6H2,1-5H3;2-7H,1H2/b16-10+,30-26-;. The van der Waals surface area contributed by atoms with E-state index in [1.165, 1.54) is 5.56 Å². The van der Waals surface area contributed by atoms with Crippen LogP contribution in [0.1, 0.15) is 29.2 Å². The number of benzene rings is 4. The fraction of sp³-hybridized carbons (Fsp3) is 0.171. The van der Waals surface area contributed by atoms with Crippen LogP contribution in [-0.2, 0) is 0 Å². The zero-order chi connectivity index (χ0) is 28.7. The Kier molecular flexibility index (Phi) is 11.6. The van der Waals surface area contributed by atoms with Crippen molar-refractivity contribution >= 4 is 34.9 Å². The van der Waals surface area contributed by atoms with E-state index in [2.05, 4.69) is 108 Å². The highest BCUT2D eigenvalue weighted by molar-refractivity contribution is 6.10. The average molecular weight is 533 g/mol. The van der Waals surface area contributed by atoms with E-state index < -0.39 is 0 Å². The van der Waals surface area contributed by atoms with Crippen LogP contribution in [0, 0.1) is 6.92 Å². The monoisotopic (exact) mass is 532 g/mol. The van der Waals surface area contributed by atoms with Crippen molar-refractivity contribution in [3.63, 3.8) is 0 Å². The van der Waals surface area contributed by atoms with E-state index >= 15 is 0 Å². The quantitative estimate of drug-likeness (QED) is 0.160. The van der Waals surface area contributed by atoms with Crippen molar-refractivity contribution in [1.82, 2.24) is 5.43 Å². The molecule has 0 heterocycles. The van der Waals surface area contributed by atoms with Crippen molar-refractivity contribution in [1.29, 1.82) is 0 Å². The second-order valence-corrected chi connectivity index (χ2v) is 9.03. The Balaban J connectivity index is 0.000000472. The van der Waals surface area contributed by atoms with Gasteiger partial charge in [0.15, 0.2) is 0 Å². The van der Waals surface area contributed by atoms with Crippen molar-refractivity contribution in [3.8, 4) is 5.75 Å². The summed E-state index contributed by atoms with van der Waals surface area (Å²) < 4.78 is 5.64. The Morgan fingerprint density at radius 3 is 2.23 bits per heavy atom. The van der Waals surface area contributed by atoms with Crippen molar-refractivity contribution in [2.75, 3.05) is 38.0 Å². The molecule has 0 aliphatic heterocycles. The second kappa shape index (κ2) is 15.6. The molecule has 5 heteroatoms. The van der Waals surface area contributed by atoms with Crippen LogP contribution >= 0.6 is 0 Å². The molecule has 5 nitrogen and oxygen atoms in total. The third-order valence-electron chi connectivity index (χ3n) is 6.27. The van der Waals surface area contributed by atoms with Gasteiger partial charge in [-0.05, 0) is 79.1 Å². The minimum absolute atomic E-state index is 0.668. The molecule has 0 aliphatic carbocycles. The van der Waals surface area contributed by atoms with Crippen LogP contribution in [0.15, 0.2) is 115 Å². The van der Waals surface area contributed by atoms with Gasteiger partial charge in [0.05, 0.1) is 12.3 Å². The first-order valence-corrected chi connectivity index (χ1v) is 13.4. The molecule has 0 fully saturated rings. The van der Waals surface area contributed by atoms with Crippen LogP contribution in [0.4, 0.5) is 17.1 Å². The smallest absolute Gasteiger partial charge is 0.122 e. The van der Waals surface area contributed by atoms with Gasteiger partial charge in [0.2, 0.25) is 0 Å². The number of nitrogens with one attached hydrogen (secondary N) is 2. The van der Waals surface area contributed by atoms with Gasteiger partial charge in [0, 0.05) is 43.8 Å². The first kappa shape index (κ1) is 29.8. The molecule has 0 unspecified atom stereocenters. The number of ether oxygens (including phenoxy) is 1. The lowest BCUT2D eigenvalue weighted by Crippen LogP contribution is -2.10. The molecule has 0 radical (unpaired) electrons. The van der Waals surface area contributed by atoms with Gasteiger partial charge < -0.3 is 20.4 Å². The third kappa shape index (κ3) is 8.63. The van der Waals surface area contributed by atoms with Crippen LogP contribution < -0.4 is 20.4 Å². The highest BCUT2D eigenvalue weighted by Crippen LogP contribution is 2.26. The summed E-state index contributed by atoms with van der Waals surface area (Å²) >= 11 is 0. The van der Waals surface area contributed by atoms with Gasteiger partial charge in [-0.3, -0.25) is 0 Å². The number of rotatable bonds is 10. The summed E-state index contributed by atoms with van der Waals surface area (Å²) in [5.41, 5.74) is 11.5. The first-order valence-electron chi connectivity index (χ1n) is 13.4. The molecule has 0 spiro atoms. The second-order valence-electron chi connectivity index (χ2n) is 9.03. The predicted molar refractivity (Wildman–Crippen MR) is 174 cm³/mol. The number of nitrogens with zero attached hydrogens (tertiary/aromatic N) is 2. The molecule has 0 saturated heterocycles. The van der Waals surface area contributed by atoms with Crippen molar-refractivity contribution in [2.24, 2.45) is 5.10 Å². The summed E-state index contributed by atoms with van der Waals surface area (Å²) in [6, 6.07) is 33.0. The molecule has 0 aromatic heterocycles. The summed E-state index contributed by atoms with van der Waals surface area (Å²) in [5, 5.41) is 7.66. The van der Waals surface area contributed by atoms with E-state index in [4.69, 9.17) is 4.74 Å². The lowest BCUT2D eigenvalue weighted by molar-refractivity contribution is 0.338. The minimum atomic E-state index is 0.668. The lowest BCUT2D eigenvalue weighted by Gasteiger charge is -2.20. The van der Waals surface area contributed by atoms with E-state index in [9.17, 15) is 0 Å². The highest BCUT2D eigenvalue weighted by Gasteiger charge is 2.07. The summed E-state index contributed by atoms with van der Waals surface area (Å²) in [4.78, 5) is 2.16. The maximum atomic E-state index is 5.64. The van der Waals surface area contributed by atoms with E-state index in [0.717, 1.165) is 45.2 Å². The maximum absolute atomic E-state index is 5.64. The molecular formula is C35H40N4O. The predicted octanol–water partition coefficient (Wildman–Crippen LogP) is 8.17. The van der Waals surface area contributed by atoms with Gasteiger partial charge >= 0.3 is 0 Å². The van der Waals surface area contributed by atoms with Crippen LogP contribution in [0.2, 0.25) is 0 Å². The maximum Gasteiger partial charge on any atom is 0.122 e. The van der Waals surface area contributed by atoms with Gasteiger partial charge in [-0.2, -0.15) is 5.10 Å². The Hall–Kier alpha value is -4.77. The Labute approximate surface area is 239 Å². The molecule has 0 saturated carbocycles. The molecule has 0 atom stereocenters. The van der Waals surface area contributed by atoms with Crippen molar-refractivity contribution in [3.05, 3.63) is 132 Å². The molecule has 0 amide bonds. The van der Waals surface area contributed by atoms with Gasteiger partial charge in [0.1, 0.15) is 5.75 Å². The Morgan fingerprint density at radius 2 is 1.62 bits per heavy atom. The molecule has 4 rings (SSSR count). The minimum Gasteiger partial charge on any atom is -0.494 e. The summed E-state index contributed by atoms with van der Waals surface area (Å²) in [6.07, 6.45) is 5.93. The van der Waals surface area contributed by atoms with E-state index in [-0.39, 0.29) is 0 Å². The van der Waals surface area contributed by atoms with Crippen LogP contribution in [0.3, 0.4) is 0 Å². The van der Waals surface area contributed by atoms with Gasteiger partial charge in [0.25, 0.3) is 0 Å². The normalized spacial score (nSPS) is 10.9. The summed E-state index contributed by atoms with van der Waals surface area (Å²) in [7, 11) is 5.81. The molecule has 2 N–H and O–H groups in total. The molecule has 0 aliphatic rings. The fourth-order valence-corrected chi connectivity index (χ4v) is 4.05. The fourth-order valence-electron chi connectivity index (χ4n) is 4.05. The number of hydrogen-bond acceptors (Lipinski definition) is 5. The molecular weight excluding hydrogens is 492 g/mol. The topological polar surface area (TPSA) is 48.9 Å². The number of hydrogen-bond donors (Lipinski definition) is 2. The van der Waals surface area contributed by atoms with Crippen molar-refractivity contribution < 1.29 is 4.74 Å². The van der Waals surface area contributed by atoms with Gasteiger partial charge in [-0.25, -0.2) is 0 Å². The van der Waals surface area contributed by atoms with Crippen molar-refractivity contribution in [2.45, 2.75) is 13.8 Å². The summed E-state index contributed by atoms with van der Waals surface area (Å²) in [5.74, 6) is 0.925. The summed E-state index contributed by atoms with van der Waals surface area (Å²) in [6.45, 7) is 8.36. The molecule has 4 aromatic carbocycles. The highest BCUT2D eigenvalue weighted by atomic mass is 16.5. The zero-order valence-electron chi connectivity index (χ0n) is 24.2. The first-order chi connectivity index (χ1) is 19.5. The van der Waals surface area contributed by atoms with Crippen LogP contribution in [-0.4, -0.2) is 33.5 Å². The average Bonchev–Trinajstić information content (AvgIpc) is 3.01. The van der Waals surface area contributed by atoms with Crippen LogP contribution in [0.25, 0.3) is 12.2 Å². The number of hydrazone groups is 1. The zero-order valence-corrected chi connectivity index (χ0v) is 24.2. The molecule has 4 aromatic rings. The number of aryl methyl sites for hydroxylation is 1. The van der Waals surface area contributed by atoms with E-state index in [1.807, 2.05) is 69.6 Å². The number of allylic oxidation sites excluding steroid dienone is 1. The molecule has 40 heavy (non-hydrogen) atoms. The van der Waals surface area contributed by atoms with Gasteiger partial charge in [-0.1, -0.05) is 73.3 Å². The molecule has 0 bridgehead atoms. The lowest BCUT2D eigenvalue weighted by atomic mass is 10.1. The largest absolute Gasteiger partial charge is 0.494 e. The third-order valence-corrected chi connectivity index (χ3v) is 6.27. The SMILES string of the molecule is C=Cc1ccccc1.CCOc1ccc(/C=C/C(=N/NC)c2ccc(N(C)c3cccc(NC)c3)cc2)cc1C. The Morgan fingerprint density at radius 1 is 0.875 bits per heavy atom. The van der Waals surface area contributed by atoms with E-state index in [1.54, 1.807) is 0 Å². The van der Waals surface area contributed by atoms with E-state index in [0.29, 0.717) is 6.61 Å².